The van der Waals surface area contributed by atoms with Crippen LogP contribution in [0.3, 0.4) is 0 Å². The lowest BCUT2D eigenvalue weighted by Gasteiger charge is -2.18. The summed E-state index contributed by atoms with van der Waals surface area (Å²) in [6.45, 7) is 3.47. The van der Waals surface area contributed by atoms with Gasteiger partial charge in [0.2, 0.25) is 15.9 Å². The number of carbonyl (C=O) groups is 2. The number of thioether (sulfide) groups is 1. The lowest BCUT2D eigenvalue weighted by atomic mass is 10.1. The number of nitrogens with one attached hydrogen (secondary N) is 2. The molecule has 2 N–H and O–H groups in total. The van der Waals surface area contributed by atoms with Crippen molar-refractivity contribution in [2.24, 2.45) is 0 Å². The minimum atomic E-state index is -3.81. The highest BCUT2D eigenvalue weighted by Crippen LogP contribution is 2.20. The Bertz CT molecular complexity index is 992. The number of hydrogen-bond donors (Lipinski definition) is 2. The normalized spacial score (nSPS) is 12.4. The summed E-state index contributed by atoms with van der Waals surface area (Å²) in [6, 6.07) is 13.1. The van der Waals surface area contributed by atoms with Crippen molar-refractivity contribution < 1.29 is 18.0 Å². The van der Waals surface area contributed by atoms with E-state index in [9.17, 15) is 18.0 Å². The molecule has 9 heteroatoms. The number of carbonyl (C=O) groups excluding carboxylic acids is 2. The molecule has 2 rings (SSSR count). The van der Waals surface area contributed by atoms with E-state index in [-0.39, 0.29) is 23.4 Å². The Morgan fingerprint density at radius 3 is 2.33 bits per heavy atom. The van der Waals surface area contributed by atoms with Crippen molar-refractivity contribution >= 4 is 39.3 Å². The van der Waals surface area contributed by atoms with Gasteiger partial charge in [-0.3, -0.25) is 9.59 Å². The first-order valence-electron chi connectivity index (χ1n) is 9.49. The van der Waals surface area contributed by atoms with Crippen LogP contribution >= 0.6 is 11.8 Å². The number of benzene rings is 2. The Balaban J connectivity index is 2.10. The second kappa shape index (κ2) is 10.6. The minimum absolute atomic E-state index is 0.00460. The number of anilines is 1. The molecule has 1 atom stereocenters. The van der Waals surface area contributed by atoms with E-state index in [2.05, 4.69) is 10.6 Å². The fourth-order valence-electron chi connectivity index (χ4n) is 2.60. The summed E-state index contributed by atoms with van der Waals surface area (Å²) in [6.07, 6.45) is 2.68. The lowest BCUT2D eigenvalue weighted by Crippen LogP contribution is -2.36. The summed E-state index contributed by atoms with van der Waals surface area (Å²) in [4.78, 5) is 26.0. The van der Waals surface area contributed by atoms with Crippen molar-refractivity contribution in [3.8, 4) is 0 Å². The Kier molecular flexibility index (Phi) is 8.45. The molecule has 0 saturated carbocycles. The van der Waals surface area contributed by atoms with Crippen LogP contribution in [0.15, 0.2) is 58.3 Å². The van der Waals surface area contributed by atoms with Crippen LogP contribution in [0.25, 0.3) is 0 Å². The van der Waals surface area contributed by atoms with Gasteiger partial charge in [-0.15, -0.1) is 11.8 Å². The van der Waals surface area contributed by atoms with Crippen molar-refractivity contribution in [2.45, 2.75) is 36.1 Å². The Labute approximate surface area is 182 Å². The minimum Gasteiger partial charge on any atom is -0.350 e. The Morgan fingerprint density at radius 2 is 1.73 bits per heavy atom. The summed E-state index contributed by atoms with van der Waals surface area (Å²) in [7, 11) is -2.47. The first kappa shape index (κ1) is 23.9. The third kappa shape index (κ3) is 6.07. The molecule has 0 heterocycles. The SMILES string of the molecule is CC[C@H](C)NC(=O)c1ccccc1NC(=O)CN(C)S(=O)(=O)c1ccc(SC)cc1. The number of para-hydroxylation sites is 1. The summed E-state index contributed by atoms with van der Waals surface area (Å²) < 4.78 is 26.4. The van der Waals surface area contributed by atoms with Gasteiger partial charge < -0.3 is 10.6 Å². The first-order valence-corrected chi connectivity index (χ1v) is 12.2. The van der Waals surface area contributed by atoms with Gasteiger partial charge in [0.15, 0.2) is 0 Å². The van der Waals surface area contributed by atoms with Crippen molar-refractivity contribution in [1.82, 2.24) is 9.62 Å². The van der Waals surface area contributed by atoms with Crippen molar-refractivity contribution in [1.29, 1.82) is 0 Å². The molecule has 30 heavy (non-hydrogen) atoms. The molecule has 7 nitrogen and oxygen atoms in total. The van der Waals surface area contributed by atoms with Crippen LogP contribution < -0.4 is 10.6 Å². The van der Waals surface area contributed by atoms with Gasteiger partial charge in [-0.05, 0) is 56.0 Å². The highest BCUT2D eigenvalue weighted by Gasteiger charge is 2.23. The van der Waals surface area contributed by atoms with E-state index in [1.807, 2.05) is 20.1 Å². The Hall–Kier alpha value is -2.36. The molecule has 0 unspecified atom stereocenters. The van der Waals surface area contributed by atoms with Crippen LogP contribution in [0.2, 0.25) is 0 Å². The van der Waals surface area contributed by atoms with Gasteiger partial charge in [0.25, 0.3) is 5.91 Å². The maximum absolute atomic E-state index is 12.7. The molecule has 0 fully saturated rings. The van der Waals surface area contributed by atoms with Crippen LogP contribution in [-0.4, -0.2) is 50.4 Å². The van der Waals surface area contributed by atoms with E-state index >= 15 is 0 Å². The molecule has 0 bridgehead atoms. The fourth-order valence-corrected chi connectivity index (χ4v) is 4.13. The third-order valence-corrected chi connectivity index (χ3v) is 7.13. The second-order valence-corrected chi connectivity index (χ2v) is 9.74. The largest absolute Gasteiger partial charge is 0.350 e. The molecular weight excluding hydrogens is 422 g/mol. The lowest BCUT2D eigenvalue weighted by molar-refractivity contribution is -0.116. The smallest absolute Gasteiger partial charge is 0.253 e. The van der Waals surface area contributed by atoms with Crippen LogP contribution in [0.4, 0.5) is 5.69 Å². The quantitative estimate of drug-likeness (QED) is 0.573. The maximum atomic E-state index is 12.7. The predicted molar refractivity (Wildman–Crippen MR) is 120 cm³/mol. The Morgan fingerprint density at radius 1 is 1.10 bits per heavy atom. The molecule has 2 amide bonds. The van der Waals surface area contributed by atoms with Crippen LogP contribution in [0, 0.1) is 0 Å². The van der Waals surface area contributed by atoms with E-state index in [1.165, 1.54) is 30.9 Å². The van der Waals surface area contributed by atoms with Crippen LogP contribution in [0.5, 0.6) is 0 Å². The summed E-state index contributed by atoms with van der Waals surface area (Å²) in [5.74, 6) is -0.833. The van der Waals surface area contributed by atoms with Gasteiger partial charge in [0.05, 0.1) is 22.7 Å². The number of rotatable bonds is 9. The average Bonchev–Trinajstić information content (AvgIpc) is 2.73. The number of hydrogen-bond acceptors (Lipinski definition) is 5. The molecule has 0 radical (unpaired) electrons. The number of nitrogens with zero attached hydrogens (tertiary/aromatic N) is 1. The summed E-state index contributed by atoms with van der Waals surface area (Å²) in [5, 5.41) is 5.50. The van der Waals surface area contributed by atoms with Crippen molar-refractivity contribution in [3.05, 3.63) is 54.1 Å². The predicted octanol–water partition coefficient (Wildman–Crippen LogP) is 3.20. The molecule has 162 valence electrons. The fraction of sp³-hybridized carbons (Fsp3) is 0.333. The van der Waals surface area contributed by atoms with Crippen molar-refractivity contribution in [2.75, 3.05) is 25.2 Å². The van der Waals surface area contributed by atoms with Crippen LogP contribution in [-0.2, 0) is 14.8 Å². The molecule has 0 aliphatic carbocycles. The molecule has 0 saturated heterocycles. The van der Waals surface area contributed by atoms with Gasteiger partial charge in [-0.25, -0.2) is 8.42 Å². The standard InChI is InChI=1S/C21H27N3O4S2/c1-5-15(2)22-21(26)18-8-6-7-9-19(18)23-20(25)14-24(3)30(27,28)17-12-10-16(29-4)11-13-17/h6-13,15H,5,14H2,1-4H3,(H,22,26)(H,23,25)/t15-/m0/s1. The van der Waals surface area contributed by atoms with E-state index in [0.717, 1.165) is 15.6 Å². The number of sulfonamides is 1. The topological polar surface area (TPSA) is 95.6 Å². The van der Waals surface area contributed by atoms with Crippen molar-refractivity contribution in [3.63, 3.8) is 0 Å². The zero-order valence-electron chi connectivity index (χ0n) is 17.5. The van der Waals surface area contributed by atoms with Gasteiger partial charge in [-0.2, -0.15) is 4.31 Å². The van der Waals surface area contributed by atoms with Gasteiger partial charge in [-0.1, -0.05) is 19.1 Å². The van der Waals surface area contributed by atoms with Gasteiger partial charge in [0, 0.05) is 18.0 Å². The van der Waals surface area contributed by atoms with Gasteiger partial charge >= 0.3 is 0 Å². The zero-order valence-corrected chi connectivity index (χ0v) is 19.1. The van der Waals surface area contributed by atoms with E-state index in [0.29, 0.717) is 11.3 Å². The molecule has 0 aliphatic rings. The first-order chi connectivity index (χ1) is 14.2. The third-order valence-electron chi connectivity index (χ3n) is 4.57. The molecule has 0 spiro atoms. The highest BCUT2D eigenvalue weighted by atomic mass is 32.2. The second-order valence-electron chi connectivity index (χ2n) is 6.81. The number of amides is 2. The summed E-state index contributed by atoms with van der Waals surface area (Å²) >= 11 is 1.51. The zero-order chi connectivity index (χ0) is 22.3. The van der Waals surface area contributed by atoms with E-state index < -0.39 is 15.9 Å². The highest BCUT2D eigenvalue weighted by molar-refractivity contribution is 7.98. The molecule has 2 aromatic rings. The van der Waals surface area contributed by atoms with Gasteiger partial charge in [0.1, 0.15) is 0 Å². The molecular formula is C21H27N3O4S2. The summed E-state index contributed by atoms with van der Waals surface area (Å²) in [5.41, 5.74) is 0.655. The van der Waals surface area contributed by atoms with E-state index in [1.54, 1.807) is 36.4 Å². The molecule has 0 aromatic heterocycles. The maximum Gasteiger partial charge on any atom is 0.253 e. The van der Waals surface area contributed by atoms with E-state index in [4.69, 9.17) is 0 Å². The van der Waals surface area contributed by atoms with Crippen LogP contribution in [0.1, 0.15) is 30.6 Å². The average molecular weight is 450 g/mol. The number of likely N-dealkylation sites (N-methyl/N-ethyl adjacent to an activating group) is 1. The molecule has 0 aliphatic heterocycles. The monoisotopic (exact) mass is 449 g/mol. The molecule has 2 aromatic carbocycles.